The topological polar surface area (TPSA) is 49.4 Å². The third-order valence-electron chi connectivity index (χ3n) is 3.84. The van der Waals surface area contributed by atoms with Crippen molar-refractivity contribution in [2.45, 2.75) is 26.8 Å². The van der Waals surface area contributed by atoms with Crippen LogP contribution in [-0.4, -0.2) is 36.3 Å². The summed E-state index contributed by atoms with van der Waals surface area (Å²) >= 11 is 0. The molecule has 4 heteroatoms. The number of nitrogens with one attached hydrogen (secondary N) is 1. The van der Waals surface area contributed by atoms with Crippen LogP contribution in [-0.2, 0) is 9.59 Å². The van der Waals surface area contributed by atoms with Gasteiger partial charge in [0.05, 0.1) is 11.8 Å². The molecule has 15 heavy (non-hydrogen) atoms. The maximum Gasteiger partial charge on any atom is 0.233 e. The van der Waals surface area contributed by atoms with Gasteiger partial charge in [0.15, 0.2) is 0 Å². The number of carbonyl (C=O) groups excluding carboxylic acids is 2. The molecule has 2 amide bonds. The van der Waals surface area contributed by atoms with Crippen LogP contribution < -0.4 is 5.32 Å². The van der Waals surface area contributed by atoms with E-state index in [0.29, 0.717) is 6.54 Å². The van der Waals surface area contributed by atoms with Crippen molar-refractivity contribution in [3.8, 4) is 0 Å². The molecule has 1 saturated carbocycles. The molecule has 2 fully saturated rings. The van der Waals surface area contributed by atoms with Crippen LogP contribution in [0.15, 0.2) is 0 Å². The van der Waals surface area contributed by atoms with Crippen LogP contribution in [0.3, 0.4) is 0 Å². The van der Waals surface area contributed by atoms with Crippen molar-refractivity contribution in [2.75, 3.05) is 13.6 Å². The summed E-state index contributed by atoms with van der Waals surface area (Å²) in [6.07, 6.45) is 0. The maximum absolute atomic E-state index is 11.9. The number of hydrogen-bond acceptors (Lipinski definition) is 3. The predicted octanol–water partition coefficient (Wildman–Crippen LogP) is 0.235. The highest BCUT2D eigenvalue weighted by Gasteiger charge is 2.72. The monoisotopic (exact) mass is 210 g/mol. The van der Waals surface area contributed by atoms with E-state index in [1.54, 1.807) is 0 Å². The molecule has 2 aliphatic rings. The molecular weight excluding hydrogens is 192 g/mol. The summed E-state index contributed by atoms with van der Waals surface area (Å²) in [6, 6.07) is 0.165. The van der Waals surface area contributed by atoms with Crippen LogP contribution >= 0.6 is 0 Å². The van der Waals surface area contributed by atoms with Gasteiger partial charge in [0.2, 0.25) is 11.8 Å². The summed E-state index contributed by atoms with van der Waals surface area (Å²) in [5.41, 5.74) is -0.0897. The summed E-state index contributed by atoms with van der Waals surface area (Å²) in [5, 5.41) is 3.04. The third-order valence-corrected chi connectivity index (χ3v) is 3.84. The average Bonchev–Trinajstić information content (AvgIpc) is 2.64. The van der Waals surface area contributed by atoms with E-state index in [1.165, 1.54) is 4.90 Å². The average molecular weight is 210 g/mol. The first kappa shape index (κ1) is 10.6. The van der Waals surface area contributed by atoms with Gasteiger partial charge < -0.3 is 5.32 Å². The van der Waals surface area contributed by atoms with Crippen molar-refractivity contribution in [3.63, 3.8) is 0 Å². The molecule has 0 aromatic rings. The van der Waals surface area contributed by atoms with E-state index >= 15 is 0 Å². The second-order valence-corrected chi connectivity index (χ2v) is 5.25. The molecule has 1 aliphatic heterocycles. The zero-order chi connectivity index (χ0) is 11.4. The highest BCUT2D eigenvalue weighted by molar-refractivity contribution is 6.10. The number of imide groups is 1. The lowest BCUT2D eigenvalue weighted by atomic mass is 10.1. The van der Waals surface area contributed by atoms with Gasteiger partial charge >= 0.3 is 0 Å². The number of piperidine rings is 1. The maximum atomic E-state index is 11.9. The smallest absolute Gasteiger partial charge is 0.233 e. The Labute approximate surface area is 90.0 Å². The number of fused-ring (bicyclic) bond motifs is 1. The highest BCUT2D eigenvalue weighted by atomic mass is 16.2. The van der Waals surface area contributed by atoms with Crippen LogP contribution in [0.1, 0.15) is 20.8 Å². The molecule has 1 saturated heterocycles. The van der Waals surface area contributed by atoms with E-state index in [9.17, 15) is 9.59 Å². The highest BCUT2D eigenvalue weighted by Crippen LogP contribution is 2.63. The van der Waals surface area contributed by atoms with Crippen molar-refractivity contribution in [3.05, 3.63) is 0 Å². The third kappa shape index (κ3) is 1.31. The van der Waals surface area contributed by atoms with Crippen molar-refractivity contribution in [1.82, 2.24) is 10.2 Å². The molecule has 2 rings (SSSR count). The molecule has 1 heterocycles. The summed E-state index contributed by atoms with van der Waals surface area (Å²) in [6.45, 7) is 6.46. The molecule has 0 aromatic heterocycles. The van der Waals surface area contributed by atoms with Gasteiger partial charge in [0.1, 0.15) is 0 Å². The minimum atomic E-state index is -0.0897. The van der Waals surface area contributed by atoms with E-state index in [4.69, 9.17) is 0 Å². The molecule has 1 N–H and O–H groups in total. The number of carbonyl (C=O) groups is 2. The van der Waals surface area contributed by atoms with E-state index < -0.39 is 0 Å². The number of rotatable bonds is 3. The Kier molecular flexibility index (Phi) is 2.15. The Morgan fingerprint density at radius 3 is 2.20 bits per heavy atom. The largest absolute Gasteiger partial charge is 0.315 e. The quantitative estimate of drug-likeness (QED) is 0.679. The molecule has 1 aliphatic carbocycles. The molecule has 3 unspecified atom stereocenters. The van der Waals surface area contributed by atoms with Crippen LogP contribution in [0.2, 0.25) is 0 Å². The first-order valence-corrected chi connectivity index (χ1v) is 5.43. The second-order valence-electron chi connectivity index (χ2n) is 5.25. The molecule has 84 valence electrons. The Morgan fingerprint density at radius 2 is 1.80 bits per heavy atom. The summed E-state index contributed by atoms with van der Waals surface area (Å²) in [5.74, 6) is -0.0442. The SMILES string of the molecule is CNC(C)CN1C(=O)C2C(C1=O)C2(C)C. The van der Waals surface area contributed by atoms with E-state index in [2.05, 4.69) is 5.32 Å². The van der Waals surface area contributed by atoms with E-state index in [1.807, 2.05) is 27.8 Å². The van der Waals surface area contributed by atoms with Crippen molar-refractivity contribution in [1.29, 1.82) is 0 Å². The Morgan fingerprint density at radius 1 is 1.33 bits per heavy atom. The number of likely N-dealkylation sites (N-methyl/N-ethyl adjacent to an activating group) is 1. The fourth-order valence-corrected chi connectivity index (χ4v) is 2.55. The van der Waals surface area contributed by atoms with Crippen LogP contribution in [0.5, 0.6) is 0 Å². The fourth-order valence-electron chi connectivity index (χ4n) is 2.55. The number of nitrogens with zero attached hydrogens (tertiary/aromatic N) is 1. The number of likely N-dealkylation sites (tertiary alicyclic amines) is 1. The van der Waals surface area contributed by atoms with Gasteiger partial charge in [-0.25, -0.2) is 0 Å². The van der Waals surface area contributed by atoms with E-state index in [0.717, 1.165) is 0 Å². The lowest BCUT2D eigenvalue weighted by Gasteiger charge is -2.23. The minimum absolute atomic E-state index is 0.0251. The van der Waals surface area contributed by atoms with Gasteiger partial charge in [-0.15, -0.1) is 0 Å². The van der Waals surface area contributed by atoms with Crippen molar-refractivity contribution in [2.24, 2.45) is 17.3 Å². The zero-order valence-electron chi connectivity index (χ0n) is 9.70. The van der Waals surface area contributed by atoms with Gasteiger partial charge in [-0.05, 0) is 19.4 Å². The standard InChI is InChI=1S/C11H18N2O2/c1-6(12-4)5-13-9(14)7-8(10(13)15)11(7,2)3/h6-8,12H,5H2,1-4H3. The number of hydrogen-bond donors (Lipinski definition) is 1. The molecule has 3 atom stereocenters. The van der Waals surface area contributed by atoms with Crippen LogP contribution in [0, 0.1) is 17.3 Å². The molecular formula is C11H18N2O2. The molecule has 0 spiro atoms. The Balaban J connectivity index is 2.08. The van der Waals surface area contributed by atoms with Gasteiger partial charge in [0.25, 0.3) is 0 Å². The molecule has 4 nitrogen and oxygen atoms in total. The molecule has 0 radical (unpaired) electrons. The lowest BCUT2D eigenvalue weighted by Crippen LogP contribution is -2.43. The Bertz CT molecular complexity index is 301. The minimum Gasteiger partial charge on any atom is -0.315 e. The van der Waals surface area contributed by atoms with Crippen LogP contribution in [0.25, 0.3) is 0 Å². The normalized spacial score (nSPS) is 34.3. The van der Waals surface area contributed by atoms with E-state index in [-0.39, 0.29) is 35.1 Å². The fraction of sp³-hybridized carbons (Fsp3) is 0.818. The molecule has 0 bridgehead atoms. The second kappa shape index (κ2) is 3.04. The van der Waals surface area contributed by atoms with Gasteiger partial charge in [-0.2, -0.15) is 0 Å². The summed E-state index contributed by atoms with van der Waals surface area (Å²) in [7, 11) is 1.83. The first-order chi connectivity index (χ1) is 6.91. The van der Waals surface area contributed by atoms with Gasteiger partial charge in [0, 0.05) is 12.6 Å². The summed E-state index contributed by atoms with van der Waals surface area (Å²) < 4.78 is 0. The van der Waals surface area contributed by atoms with Gasteiger partial charge in [-0.1, -0.05) is 13.8 Å². The zero-order valence-corrected chi connectivity index (χ0v) is 9.70. The summed E-state index contributed by atoms with van der Waals surface area (Å²) in [4.78, 5) is 25.2. The van der Waals surface area contributed by atoms with Gasteiger partial charge in [-0.3, -0.25) is 14.5 Å². The van der Waals surface area contributed by atoms with Crippen LogP contribution in [0.4, 0.5) is 0 Å². The first-order valence-electron chi connectivity index (χ1n) is 5.43. The number of amides is 2. The molecule has 0 aromatic carbocycles. The van der Waals surface area contributed by atoms with Crippen molar-refractivity contribution >= 4 is 11.8 Å². The lowest BCUT2D eigenvalue weighted by molar-refractivity contribution is -0.143. The van der Waals surface area contributed by atoms with Crippen molar-refractivity contribution < 1.29 is 9.59 Å². The Hall–Kier alpha value is -0.900. The predicted molar refractivity (Wildman–Crippen MR) is 56.0 cm³/mol.